The summed E-state index contributed by atoms with van der Waals surface area (Å²) in [4.78, 5) is 12.8. The first-order chi connectivity index (χ1) is 16.6. The van der Waals surface area contributed by atoms with Gasteiger partial charge in [-0.15, -0.1) is 0 Å². The predicted octanol–water partition coefficient (Wildman–Crippen LogP) is 6.44. The third-order valence-corrected chi connectivity index (χ3v) is 5.56. The number of halogens is 2. The molecular formula is C26H23Cl2N3O3. The van der Waals surface area contributed by atoms with Crippen LogP contribution in [-0.4, -0.2) is 22.4 Å². The van der Waals surface area contributed by atoms with E-state index in [1.165, 1.54) is 4.68 Å². The number of esters is 1. The summed E-state index contributed by atoms with van der Waals surface area (Å²) in [5.74, 6) is 0.363. The van der Waals surface area contributed by atoms with Crippen LogP contribution in [0.1, 0.15) is 28.5 Å². The van der Waals surface area contributed by atoms with Crippen molar-refractivity contribution >= 4 is 29.2 Å². The highest BCUT2D eigenvalue weighted by atomic mass is 35.5. The monoisotopic (exact) mass is 495 g/mol. The van der Waals surface area contributed by atoms with Crippen molar-refractivity contribution in [1.82, 2.24) is 15.1 Å². The minimum Gasteiger partial charge on any atom is -0.461 e. The molecule has 174 valence electrons. The fraction of sp³-hybridized carbons (Fsp3) is 0.154. The number of rotatable bonds is 9. The Hall–Kier alpha value is -3.32. The molecule has 0 saturated heterocycles. The van der Waals surface area contributed by atoms with Crippen LogP contribution >= 0.6 is 23.2 Å². The molecule has 0 fully saturated rings. The average molecular weight is 496 g/mol. The van der Waals surface area contributed by atoms with Crippen LogP contribution in [0.15, 0.2) is 78.9 Å². The highest BCUT2D eigenvalue weighted by Crippen LogP contribution is 2.34. The SMILES string of the molecule is CCOC(=O)c1nn(-c2ccccc2Cl)c(Oc2ccc(Cl)cc2)c1CNCc1ccccc1. The molecule has 8 heteroatoms. The third kappa shape index (κ3) is 5.59. The zero-order chi connectivity index (χ0) is 23.9. The maximum atomic E-state index is 12.8. The van der Waals surface area contributed by atoms with E-state index in [1.807, 2.05) is 42.5 Å². The normalized spacial score (nSPS) is 10.8. The van der Waals surface area contributed by atoms with Crippen LogP contribution in [0.2, 0.25) is 10.0 Å². The van der Waals surface area contributed by atoms with Gasteiger partial charge in [0.1, 0.15) is 5.75 Å². The lowest BCUT2D eigenvalue weighted by atomic mass is 10.2. The first-order valence-electron chi connectivity index (χ1n) is 10.8. The van der Waals surface area contributed by atoms with Crippen LogP contribution in [0, 0.1) is 0 Å². The van der Waals surface area contributed by atoms with Gasteiger partial charge in [0.2, 0.25) is 5.88 Å². The van der Waals surface area contributed by atoms with Gasteiger partial charge in [-0.25, -0.2) is 4.79 Å². The van der Waals surface area contributed by atoms with Crippen molar-refractivity contribution in [3.05, 3.63) is 106 Å². The van der Waals surface area contributed by atoms with Crippen molar-refractivity contribution in [2.24, 2.45) is 0 Å². The molecule has 4 aromatic rings. The molecule has 3 aromatic carbocycles. The van der Waals surface area contributed by atoms with Crippen LogP contribution < -0.4 is 10.1 Å². The van der Waals surface area contributed by atoms with Crippen molar-refractivity contribution in [2.75, 3.05) is 6.61 Å². The van der Waals surface area contributed by atoms with E-state index in [0.717, 1.165) is 5.56 Å². The second-order valence-electron chi connectivity index (χ2n) is 7.36. The molecule has 0 aliphatic carbocycles. The molecule has 6 nitrogen and oxygen atoms in total. The van der Waals surface area contributed by atoms with Crippen molar-refractivity contribution < 1.29 is 14.3 Å². The topological polar surface area (TPSA) is 65.4 Å². The molecule has 1 N–H and O–H groups in total. The predicted molar refractivity (Wildman–Crippen MR) is 133 cm³/mol. The third-order valence-electron chi connectivity index (χ3n) is 4.99. The highest BCUT2D eigenvalue weighted by Gasteiger charge is 2.27. The molecule has 0 bridgehead atoms. The molecule has 1 heterocycles. The van der Waals surface area contributed by atoms with Gasteiger partial charge in [-0.3, -0.25) is 0 Å². The van der Waals surface area contributed by atoms with Crippen molar-refractivity contribution in [1.29, 1.82) is 0 Å². The van der Waals surface area contributed by atoms with Gasteiger partial charge in [0.15, 0.2) is 5.69 Å². The zero-order valence-electron chi connectivity index (χ0n) is 18.5. The average Bonchev–Trinajstić information content (AvgIpc) is 3.19. The molecule has 1 aromatic heterocycles. The number of carbonyl (C=O) groups excluding carboxylic acids is 1. The van der Waals surface area contributed by atoms with E-state index >= 15 is 0 Å². The maximum absolute atomic E-state index is 12.8. The van der Waals surface area contributed by atoms with Gasteiger partial charge in [-0.05, 0) is 48.9 Å². The van der Waals surface area contributed by atoms with E-state index in [9.17, 15) is 4.79 Å². The lowest BCUT2D eigenvalue weighted by Gasteiger charge is -2.13. The Bertz CT molecular complexity index is 1260. The fourth-order valence-electron chi connectivity index (χ4n) is 3.39. The Morgan fingerprint density at radius 3 is 2.35 bits per heavy atom. The standard InChI is InChI=1S/C26H23Cl2N3O3/c1-2-33-26(32)24-21(17-29-16-18-8-4-3-5-9-18)25(34-20-14-12-19(27)13-15-20)31(30-24)23-11-7-6-10-22(23)28/h3-15,29H,2,16-17H2,1H3. The van der Waals surface area contributed by atoms with Crippen molar-refractivity contribution in [3.8, 4) is 17.3 Å². The summed E-state index contributed by atoms with van der Waals surface area (Å²) in [6, 6.07) is 24.1. The largest absolute Gasteiger partial charge is 0.461 e. The van der Waals surface area contributed by atoms with Crippen molar-refractivity contribution in [3.63, 3.8) is 0 Å². The molecule has 34 heavy (non-hydrogen) atoms. The molecule has 0 aliphatic rings. The second-order valence-corrected chi connectivity index (χ2v) is 8.20. The first kappa shape index (κ1) is 23.8. The number of ether oxygens (including phenoxy) is 2. The Labute approximate surface area is 208 Å². The summed E-state index contributed by atoms with van der Waals surface area (Å²) in [7, 11) is 0. The number of nitrogens with one attached hydrogen (secondary N) is 1. The fourth-order valence-corrected chi connectivity index (χ4v) is 3.73. The summed E-state index contributed by atoms with van der Waals surface area (Å²) in [6.07, 6.45) is 0. The molecule has 0 atom stereocenters. The summed E-state index contributed by atoms with van der Waals surface area (Å²) in [5.41, 5.74) is 2.40. The Balaban J connectivity index is 1.78. The van der Waals surface area contributed by atoms with Gasteiger partial charge in [-0.2, -0.15) is 9.78 Å². The van der Waals surface area contributed by atoms with E-state index < -0.39 is 5.97 Å². The molecule has 4 rings (SSSR count). The minimum atomic E-state index is -0.536. The second kappa shape index (κ2) is 11.2. The zero-order valence-corrected chi connectivity index (χ0v) is 20.0. The number of nitrogens with zero attached hydrogens (tertiary/aromatic N) is 2. The van der Waals surface area contributed by atoms with E-state index in [1.54, 1.807) is 43.3 Å². The number of benzene rings is 3. The lowest BCUT2D eigenvalue weighted by Crippen LogP contribution is -2.16. The molecule has 0 amide bonds. The summed E-state index contributed by atoms with van der Waals surface area (Å²) < 4.78 is 13.1. The quantitative estimate of drug-likeness (QED) is 0.270. The Morgan fingerprint density at radius 2 is 1.65 bits per heavy atom. The number of hydrogen-bond acceptors (Lipinski definition) is 5. The van der Waals surface area contributed by atoms with E-state index in [-0.39, 0.29) is 12.3 Å². The molecule has 0 saturated carbocycles. The van der Waals surface area contributed by atoms with Gasteiger partial charge < -0.3 is 14.8 Å². The number of hydrogen-bond donors (Lipinski definition) is 1. The van der Waals surface area contributed by atoms with Gasteiger partial charge in [-0.1, -0.05) is 65.7 Å². The molecule has 0 aliphatic heterocycles. The maximum Gasteiger partial charge on any atom is 0.359 e. The van der Waals surface area contributed by atoms with Gasteiger partial charge in [0.05, 0.1) is 22.9 Å². The van der Waals surface area contributed by atoms with Gasteiger partial charge >= 0.3 is 5.97 Å². The Morgan fingerprint density at radius 1 is 0.941 bits per heavy atom. The summed E-state index contributed by atoms with van der Waals surface area (Å²) in [5, 5.41) is 8.99. The molecule has 0 unspecified atom stereocenters. The number of carbonyl (C=O) groups is 1. The van der Waals surface area contributed by atoms with Crippen molar-refractivity contribution in [2.45, 2.75) is 20.0 Å². The molecule has 0 spiro atoms. The van der Waals surface area contributed by atoms with E-state index in [4.69, 9.17) is 32.7 Å². The smallest absolute Gasteiger partial charge is 0.359 e. The van der Waals surface area contributed by atoms with Crippen LogP contribution in [-0.2, 0) is 17.8 Å². The highest BCUT2D eigenvalue weighted by molar-refractivity contribution is 6.32. The summed E-state index contributed by atoms with van der Waals surface area (Å²) in [6.45, 7) is 2.89. The lowest BCUT2D eigenvalue weighted by molar-refractivity contribution is 0.0517. The summed E-state index contributed by atoms with van der Waals surface area (Å²) >= 11 is 12.5. The van der Waals surface area contributed by atoms with E-state index in [2.05, 4.69) is 10.4 Å². The van der Waals surface area contributed by atoms with E-state index in [0.29, 0.717) is 46.0 Å². The van der Waals surface area contributed by atoms with Crippen LogP contribution in [0.5, 0.6) is 11.6 Å². The Kier molecular flexibility index (Phi) is 7.85. The number of para-hydroxylation sites is 1. The van der Waals surface area contributed by atoms with Crippen LogP contribution in [0.4, 0.5) is 0 Å². The van der Waals surface area contributed by atoms with Crippen LogP contribution in [0.25, 0.3) is 5.69 Å². The van der Waals surface area contributed by atoms with Gasteiger partial charge in [0.25, 0.3) is 0 Å². The van der Waals surface area contributed by atoms with Crippen LogP contribution in [0.3, 0.4) is 0 Å². The van der Waals surface area contributed by atoms with Gasteiger partial charge in [0, 0.05) is 18.1 Å². The molecule has 0 radical (unpaired) electrons. The number of aromatic nitrogens is 2. The molecular weight excluding hydrogens is 473 g/mol. The minimum absolute atomic E-state index is 0.159. The first-order valence-corrected chi connectivity index (χ1v) is 11.5.